The highest BCUT2D eigenvalue weighted by Gasteiger charge is 2.38. The molecule has 2 aromatic rings. The first kappa shape index (κ1) is 29.3. The number of rotatable bonds is 7. The zero-order valence-corrected chi connectivity index (χ0v) is 20.9. The number of carboxylic acid groups (broad SMARTS) is 1. The maximum absolute atomic E-state index is 13.3. The molecule has 0 spiro atoms. The topological polar surface area (TPSA) is 107 Å². The molecule has 0 unspecified atom stereocenters. The summed E-state index contributed by atoms with van der Waals surface area (Å²) in [6.45, 7) is 7.20. The van der Waals surface area contributed by atoms with Gasteiger partial charge in [-0.3, -0.25) is 4.79 Å². The van der Waals surface area contributed by atoms with Crippen molar-refractivity contribution in [3.05, 3.63) is 65.2 Å². The Kier molecular flexibility index (Phi) is 10.4. The minimum absolute atomic E-state index is 0.000140. The van der Waals surface area contributed by atoms with Crippen molar-refractivity contribution >= 4 is 21.9 Å². The molecule has 1 aliphatic rings. The van der Waals surface area contributed by atoms with Crippen LogP contribution >= 0.6 is 0 Å². The quantitative estimate of drug-likeness (QED) is 0.571. The summed E-state index contributed by atoms with van der Waals surface area (Å²) in [4.78, 5) is 23.6. The van der Waals surface area contributed by atoms with Gasteiger partial charge in [-0.2, -0.15) is 17.5 Å². The van der Waals surface area contributed by atoms with Crippen LogP contribution in [0.4, 0.5) is 13.2 Å². The Morgan fingerprint density at radius 2 is 1.61 bits per heavy atom. The Labute approximate surface area is 208 Å². The minimum atomic E-state index is -5.08. The van der Waals surface area contributed by atoms with Crippen molar-refractivity contribution in [2.45, 2.75) is 37.9 Å². The van der Waals surface area contributed by atoms with Gasteiger partial charge in [-0.05, 0) is 31.5 Å². The number of carboxylic acids is 1. The number of hydrogen-bond donors (Lipinski definition) is 2. The van der Waals surface area contributed by atoms with E-state index in [1.165, 1.54) is 4.31 Å². The molecule has 0 atom stereocenters. The van der Waals surface area contributed by atoms with Gasteiger partial charge in [0.25, 0.3) is 0 Å². The summed E-state index contributed by atoms with van der Waals surface area (Å²) >= 11 is 0. The zero-order chi connectivity index (χ0) is 26.9. The van der Waals surface area contributed by atoms with Gasteiger partial charge in [-0.25, -0.2) is 13.2 Å². The fourth-order valence-electron chi connectivity index (χ4n) is 3.45. The third-order valence-electron chi connectivity index (χ3n) is 5.39. The highest BCUT2D eigenvalue weighted by molar-refractivity contribution is 7.89. The van der Waals surface area contributed by atoms with Gasteiger partial charge in [0.05, 0.1) is 4.90 Å². The summed E-state index contributed by atoms with van der Waals surface area (Å²) in [5, 5.41) is 10.3. The second kappa shape index (κ2) is 12.8. The predicted molar refractivity (Wildman–Crippen MR) is 128 cm³/mol. The molecule has 0 radical (unpaired) electrons. The van der Waals surface area contributed by atoms with Crippen LogP contribution in [0.25, 0.3) is 0 Å². The smallest absolute Gasteiger partial charge is 0.475 e. The Balaban J connectivity index is 0.000000572. The molecule has 198 valence electrons. The maximum atomic E-state index is 13.3. The number of piperazine rings is 1. The Morgan fingerprint density at radius 1 is 1.03 bits per heavy atom. The third-order valence-corrected chi connectivity index (χ3v) is 7.25. The molecule has 0 aliphatic carbocycles. The number of carbonyl (C=O) groups is 2. The molecule has 1 fully saturated rings. The van der Waals surface area contributed by atoms with Crippen molar-refractivity contribution in [2.75, 3.05) is 32.7 Å². The van der Waals surface area contributed by atoms with Gasteiger partial charge in [-0.1, -0.05) is 47.5 Å². The molecule has 0 bridgehead atoms. The van der Waals surface area contributed by atoms with Crippen LogP contribution in [0.5, 0.6) is 0 Å². The van der Waals surface area contributed by atoms with E-state index in [9.17, 15) is 26.4 Å². The van der Waals surface area contributed by atoms with E-state index in [-0.39, 0.29) is 30.3 Å². The fraction of sp³-hybridized carbons (Fsp3) is 0.417. The van der Waals surface area contributed by atoms with Gasteiger partial charge < -0.3 is 15.3 Å². The number of sulfonamides is 1. The van der Waals surface area contributed by atoms with Crippen molar-refractivity contribution < 1.29 is 36.3 Å². The number of benzene rings is 2. The highest BCUT2D eigenvalue weighted by Crippen LogP contribution is 2.20. The molecule has 12 heteroatoms. The fourth-order valence-corrected chi connectivity index (χ4v) is 4.88. The van der Waals surface area contributed by atoms with Crippen molar-refractivity contribution in [1.82, 2.24) is 14.5 Å². The van der Waals surface area contributed by atoms with Crippen LogP contribution in [0, 0.1) is 13.8 Å². The first-order valence-electron chi connectivity index (χ1n) is 11.2. The largest absolute Gasteiger partial charge is 0.490 e. The molecule has 2 N–H and O–H groups in total. The lowest BCUT2D eigenvalue weighted by molar-refractivity contribution is -0.192. The second-order valence-corrected chi connectivity index (χ2v) is 10.3. The molecule has 0 aromatic heterocycles. The lowest BCUT2D eigenvalue weighted by Crippen LogP contribution is -2.47. The number of carbonyl (C=O) groups excluding carboxylic acids is 1. The molecular weight excluding hydrogens is 499 g/mol. The number of hydrogen-bond acceptors (Lipinski definition) is 5. The summed E-state index contributed by atoms with van der Waals surface area (Å²) in [7, 11) is -3.71. The van der Waals surface area contributed by atoms with Gasteiger partial charge >= 0.3 is 12.1 Å². The number of alkyl halides is 3. The number of nitrogens with zero attached hydrogens (tertiary/aromatic N) is 2. The Hall–Kier alpha value is -2.96. The summed E-state index contributed by atoms with van der Waals surface area (Å²) in [5.41, 5.74) is 2.99. The van der Waals surface area contributed by atoms with Crippen LogP contribution in [0.15, 0.2) is 53.4 Å². The Morgan fingerprint density at radius 3 is 2.14 bits per heavy atom. The van der Waals surface area contributed by atoms with Crippen LogP contribution in [0.2, 0.25) is 0 Å². The van der Waals surface area contributed by atoms with E-state index in [0.717, 1.165) is 29.8 Å². The van der Waals surface area contributed by atoms with Gasteiger partial charge in [0.1, 0.15) is 0 Å². The Bertz CT molecular complexity index is 1130. The van der Waals surface area contributed by atoms with Crippen molar-refractivity contribution in [3.63, 3.8) is 0 Å². The van der Waals surface area contributed by atoms with E-state index in [4.69, 9.17) is 9.90 Å². The number of halogens is 3. The van der Waals surface area contributed by atoms with E-state index in [1.807, 2.05) is 38.1 Å². The van der Waals surface area contributed by atoms with Gasteiger partial charge in [-0.15, -0.1) is 0 Å². The molecule has 0 saturated carbocycles. The van der Waals surface area contributed by atoms with E-state index < -0.39 is 22.2 Å². The summed E-state index contributed by atoms with van der Waals surface area (Å²) in [6, 6.07) is 14.7. The number of aryl methyl sites for hydroxylation is 2. The van der Waals surface area contributed by atoms with E-state index in [2.05, 4.69) is 5.32 Å². The maximum Gasteiger partial charge on any atom is 0.490 e. The lowest BCUT2D eigenvalue weighted by atomic mass is 10.1. The molecule has 3 rings (SSSR count). The average molecular weight is 530 g/mol. The number of amides is 1. The van der Waals surface area contributed by atoms with Gasteiger partial charge in [0.15, 0.2) is 0 Å². The molecule has 1 amide bonds. The van der Waals surface area contributed by atoms with Crippen LogP contribution < -0.4 is 5.32 Å². The van der Waals surface area contributed by atoms with E-state index in [1.54, 1.807) is 29.2 Å². The normalized spacial score (nSPS) is 14.2. The summed E-state index contributed by atoms with van der Waals surface area (Å²) in [6.07, 6.45) is -4.91. The van der Waals surface area contributed by atoms with Gasteiger partial charge in [0, 0.05) is 45.7 Å². The predicted octanol–water partition coefficient (Wildman–Crippen LogP) is 2.95. The first-order chi connectivity index (χ1) is 16.8. The second-order valence-electron chi connectivity index (χ2n) is 8.32. The number of nitrogens with one attached hydrogen (secondary N) is 1. The zero-order valence-electron chi connectivity index (χ0n) is 20.1. The van der Waals surface area contributed by atoms with E-state index in [0.29, 0.717) is 13.1 Å². The molecule has 1 saturated heterocycles. The lowest BCUT2D eigenvalue weighted by Gasteiger charge is -2.29. The third kappa shape index (κ3) is 8.92. The standard InChI is InChI=1S/C22H29N3O3S.C2HF3O2/c1-18-6-8-21(9-7-18)29(27,28)25(17-20-5-3-4-19(2)16-20)13-10-22(26)24-14-11-23-12-15-24;3-2(4,5)1(6)7/h3-9,16,23H,10-15,17H2,1-2H3;(H,6,7). The number of aliphatic carboxylic acids is 1. The summed E-state index contributed by atoms with van der Waals surface area (Å²) in [5.74, 6) is -2.76. The average Bonchev–Trinajstić information content (AvgIpc) is 2.82. The molecule has 1 aliphatic heterocycles. The van der Waals surface area contributed by atoms with Crippen LogP contribution in [-0.4, -0.2) is 73.5 Å². The van der Waals surface area contributed by atoms with Crippen molar-refractivity contribution in [2.24, 2.45) is 0 Å². The van der Waals surface area contributed by atoms with Crippen LogP contribution in [-0.2, 0) is 26.2 Å². The van der Waals surface area contributed by atoms with Gasteiger partial charge in [0.2, 0.25) is 15.9 Å². The summed E-state index contributed by atoms with van der Waals surface area (Å²) < 4.78 is 59.8. The minimum Gasteiger partial charge on any atom is -0.475 e. The van der Waals surface area contributed by atoms with Crippen LogP contribution in [0.1, 0.15) is 23.1 Å². The van der Waals surface area contributed by atoms with Crippen molar-refractivity contribution in [1.29, 1.82) is 0 Å². The molecule has 1 heterocycles. The molecule has 36 heavy (non-hydrogen) atoms. The highest BCUT2D eigenvalue weighted by atomic mass is 32.2. The molecule has 8 nitrogen and oxygen atoms in total. The van der Waals surface area contributed by atoms with Crippen molar-refractivity contribution in [3.8, 4) is 0 Å². The molecular formula is C24H30F3N3O5S. The molecule has 2 aromatic carbocycles. The first-order valence-corrected chi connectivity index (χ1v) is 12.7. The SMILES string of the molecule is Cc1ccc(S(=O)(=O)N(CCC(=O)N2CCNCC2)Cc2cccc(C)c2)cc1.O=C(O)C(F)(F)F. The van der Waals surface area contributed by atoms with Crippen LogP contribution in [0.3, 0.4) is 0 Å². The van der Waals surface area contributed by atoms with E-state index >= 15 is 0 Å². The monoisotopic (exact) mass is 529 g/mol.